The molecule has 2 atom stereocenters. The highest BCUT2D eigenvalue weighted by atomic mass is 35.5. The predicted octanol–water partition coefficient (Wildman–Crippen LogP) is 5.63. The molecule has 10 nitrogen and oxygen atoms in total. The minimum atomic E-state index is -4.04. The third-order valence-corrected chi connectivity index (χ3v) is 11.5. The number of aromatic nitrogens is 1. The van der Waals surface area contributed by atoms with Crippen LogP contribution in [0.5, 0.6) is 11.5 Å². The van der Waals surface area contributed by atoms with Gasteiger partial charge in [0.2, 0.25) is 10.0 Å². The van der Waals surface area contributed by atoms with Crippen LogP contribution in [-0.4, -0.2) is 74.5 Å². The summed E-state index contributed by atoms with van der Waals surface area (Å²) in [6.07, 6.45) is 3.85. The summed E-state index contributed by atoms with van der Waals surface area (Å²) in [6.45, 7) is -2.72. The molecular formula is C32H34Cl2F2N3O7S2+. The van der Waals surface area contributed by atoms with Crippen molar-refractivity contribution in [3.63, 3.8) is 0 Å². The van der Waals surface area contributed by atoms with Crippen LogP contribution in [0.2, 0.25) is 10.0 Å². The van der Waals surface area contributed by atoms with E-state index >= 15 is 0 Å². The van der Waals surface area contributed by atoms with Gasteiger partial charge in [0.15, 0.2) is 29.3 Å². The first kappa shape index (κ1) is 36.1. The average Bonchev–Trinajstić information content (AvgIpc) is 3.72. The van der Waals surface area contributed by atoms with Gasteiger partial charge in [0.05, 0.1) is 12.4 Å². The Hall–Kier alpha value is -3.17. The zero-order valence-electron chi connectivity index (χ0n) is 26.0. The maximum atomic E-state index is 13.8. The molecular weight excluding hydrogens is 711 g/mol. The predicted molar refractivity (Wildman–Crippen MR) is 177 cm³/mol. The highest BCUT2D eigenvalue weighted by molar-refractivity contribution is 8.01. The summed E-state index contributed by atoms with van der Waals surface area (Å²) >= 11 is 14.0. The third-order valence-electron chi connectivity index (χ3n) is 7.71. The van der Waals surface area contributed by atoms with Crippen LogP contribution < -0.4 is 14.5 Å². The van der Waals surface area contributed by atoms with Gasteiger partial charge in [-0.3, -0.25) is 4.79 Å². The standard InChI is InChI=1S/C32H33Cl2F2N3O7S2/c1-38(2)29(40)22-5-3-4-20(12-22)18-48(42,43)39-10-11-47-30(39)31(41)45-27(14-23-24(33)15-37-16-25(23)34)21-8-9-26(46-32(35)36)28(13-21)44-17-19-6-7-19/h3-5,8-9,12-13,15-16,19,27,30,32H,6-7,10-11,14,17-18H2,1-2H3/p+1/t27-,30-/m0/s1. The van der Waals surface area contributed by atoms with Crippen LogP contribution in [0.1, 0.15) is 46.0 Å². The summed E-state index contributed by atoms with van der Waals surface area (Å²) in [5, 5.41) is -0.673. The number of nitrogens with one attached hydrogen (secondary N) is 1. The van der Waals surface area contributed by atoms with E-state index in [0.717, 1.165) is 28.9 Å². The van der Waals surface area contributed by atoms with Gasteiger partial charge in [-0.25, -0.2) is 18.2 Å². The SMILES string of the molecule is CN(C)C(=O)c1cccc(CS(=O)(=O)N2CCS[C@H]2C(=O)O[C@@H](Cc2c(Cl)c[nH+]cc2Cl)c2ccc(OC(F)F)c(OCC3CC3)c2)c1. The Morgan fingerprint density at radius 1 is 1.08 bits per heavy atom. The summed E-state index contributed by atoms with van der Waals surface area (Å²) in [5.41, 5.74) is 1.54. The number of sulfonamides is 1. The summed E-state index contributed by atoms with van der Waals surface area (Å²) in [7, 11) is -0.844. The van der Waals surface area contributed by atoms with Crippen LogP contribution in [0.4, 0.5) is 8.78 Å². The van der Waals surface area contributed by atoms with E-state index in [1.807, 2.05) is 0 Å². The number of aromatic amines is 1. The molecule has 1 aromatic heterocycles. The number of hydrogen-bond donors (Lipinski definition) is 0. The van der Waals surface area contributed by atoms with E-state index in [-0.39, 0.29) is 40.4 Å². The zero-order chi connectivity index (χ0) is 34.6. The second-order valence-corrected chi connectivity index (χ2v) is 15.5. The zero-order valence-corrected chi connectivity index (χ0v) is 29.2. The van der Waals surface area contributed by atoms with Crippen molar-refractivity contribution in [1.82, 2.24) is 9.21 Å². The molecule has 0 spiro atoms. The smallest absolute Gasteiger partial charge is 0.387 e. The number of ether oxygens (including phenoxy) is 3. The largest absolute Gasteiger partial charge is 0.489 e. The number of benzene rings is 2. The molecule has 1 amide bonds. The molecule has 2 heterocycles. The molecule has 1 aliphatic heterocycles. The van der Waals surface area contributed by atoms with E-state index in [0.29, 0.717) is 40.5 Å². The number of thioether (sulfide) groups is 1. The molecule has 0 unspecified atom stereocenters. The molecule has 0 radical (unpaired) electrons. The number of carbonyl (C=O) groups is 2. The topological polar surface area (TPSA) is 117 Å². The number of esters is 1. The Balaban J connectivity index is 1.41. The van der Waals surface area contributed by atoms with E-state index in [9.17, 15) is 26.8 Å². The minimum Gasteiger partial charge on any atom is -0.489 e. The summed E-state index contributed by atoms with van der Waals surface area (Å²) in [6, 6.07) is 10.6. The summed E-state index contributed by atoms with van der Waals surface area (Å²) in [5.74, 6) is -1.01. The van der Waals surface area contributed by atoms with Gasteiger partial charge in [-0.15, -0.1) is 11.8 Å². The lowest BCUT2D eigenvalue weighted by atomic mass is 10.0. The van der Waals surface area contributed by atoms with Gasteiger partial charge in [0.1, 0.15) is 16.1 Å². The van der Waals surface area contributed by atoms with E-state index in [4.69, 9.17) is 32.7 Å². The Kier molecular flexibility index (Phi) is 11.7. The van der Waals surface area contributed by atoms with E-state index in [2.05, 4.69) is 9.72 Å². The number of alkyl halides is 2. The molecule has 0 bridgehead atoms. The Bertz CT molecular complexity index is 1740. The number of halogens is 4. The summed E-state index contributed by atoms with van der Waals surface area (Å²) in [4.78, 5) is 30.5. The van der Waals surface area contributed by atoms with Gasteiger partial charge in [-0.05, 0) is 54.2 Å². The second-order valence-electron chi connectivity index (χ2n) is 11.6. The molecule has 48 heavy (non-hydrogen) atoms. The minimum absolute atomic E-state index is 0.0218. The first-order chi connectivity index (χ1) is 22.8. The number of rotatable bonds is 14. The third kappa shape index (κ3) is 9.08. The molecule has 258 valence electrons. The lowest BCUT2D eigenvalue weighted by molar-refractivity contribution is -0.377. The molecule has 16 heteroatoms. The number of carbonyl (C=O) groups excluding carboxylic acids is 2. The van der Waals surface area contributed by atoms with Crippen LogP contribution >= 0.6 is 35.0 Å². The maximum absolute atomic E-state index is 13.8. The highest BCUT2D eigenvalue weighted by Crippen LogP contribution is 2.39. The van der Waals surface area contributed by atoms with Gasteiger partial charge in [-0.2, -0.15) is 13.1 Å². The van der Waals surface area contributed by atoms with Crippen molar-refractivity contribution in [3.8, 4) is 11.5 Å². The normalized spacial score (nSPS) is 17.3. The van der Waals surface area contributed by atoms with Crippen LogP contribution in [-0.2, 0) is 31.7 Å². The van der Waals surface area contributed by atoms with Crippen molar-refractivity contribution in [2.24, 2.45) is 5.92 Å². The first-order valence-corrected chi connectivity index (χ1v) is 18.4. The van der Waals surface area contributed by atoms with Crippen molar-refractivity contribution >= 4 is 56.9 Å². The molecule has 1 saturated heterocycles. The van der Waals surface area contributed by atoms with E-state index in [1.54, 1.807) is 32.3 Å². The van der Waals surface area contributed by atoms with Gasteiger partial charge < -0.3 is 19.1 Å². The quantitative estimate of drug-likeness (QED) is 0.195. The molecule has 2 aliphatic rings. The van der Waals surface area contributed by atoms with Crippen LogP contribution in [0, 0.1) is 5.92 Å². The Labute approximate surface area is 291 Å². The Morgan fingerprint density at radius 2 is 1.81 bits per heavy atom. The molecule has 1 N–H and O–H groups in total. The van der Waals surface area contributed by atoms with Gasteiger partial charge >= 0.3 is 12.6 Å². The first-order valence-electron chi connectivity index (χ1n) is 15.0. The van der Waals surface area contributed by atoms with E-state index in [1.165, 1.54) is 41.6 Å². The van der Waals surface area contributed by atoms with Crippen LogP contribution in [0.25, 0.3) is 0 Å². The van der Waals surface area contributed by atoms with Crippen molar-refractivity contribution in [3.05, 3.63) is 87.2 Å². The number of nitrogens with zero attached hydrogens (tertiary/aromatic N) is 2. The average molecular weight is 746 g/mol. The van der Waals surface area contributed by atoms with Crippen LogP contribution in [0.15, 0.2) is 54.9 Å². The van der Waals surface area contributed by atoms with Gasteiger partial charge in [0, 0.05) is 43.9 Å². The number of H-pyrrole nitrogens is 1. The lowest BCUT2D eigenvalue weighted by Crippen LogP contribution is -2.41. The Morgan fingerprint density at radius 3 is 2.48 bits per heavy atom. The van der Waals surface area contributed by atoms with Crippen molar-refractivity contribution < 1.29 is 46.0 Å². The molecule has 3 aromatic rings. The number of amides is 1. The summed E-state index contributed by atoms with van der Waals surface area (Å²) < 4.78 is 71.3. The van der Waals surface area contributed by atoms with Crippen molar-refractivity contribution in [2.75, 3.05) is 33.0 Å². The van der Waals surface area contributed by atoms with Crippen molar-refractivity contribution in [2.45, 2.75) is 43.1 Å². The monoisotopic (exact) mass is 744 g/mol. The highest BCUT2D eigenvalue weighted by Gasteiger charge is 2.41. The molecule has 1 saturated carbocycles. The molecule has 5 rings (SSSR count). The van der Waals surface area contributed by atoms with Gasteiger partial charge in [0.25, 0.3) is 5.91 Å². The maximum Gasteiger partial charge on any atom is 0.387 e. The second kappa shape index (κ2) is 15.6. The fraction of sp³-hybridized carbons (Fsp3) is 0.406. The number of pyridine rings is 1. The molecule has 1 aliphatic carbocycles. The molecule has 2 fully saturated rings. The number of hydrogen-bond acceptors (Lipinski definition) is 8. The lowest BCUT2D eigenvalue weighted by Gasteiger charge is -2.26. The van der Waals surface area contributed by atoms with E-state index < -0.39 is 39.8 Å². The fourth-order valence-electron chi connectivity index (χ4n) is 5.08. The van der Waals surface area contributed by atoms with Crippen molar-refractivity contribution in [1.29, 1.82) is 0 Å². The molecule has 2 aromatic carbocycles. The van der Waals surface area contributed by atoms with Gasteiger partial charge in [-0.1, -0.05) is 41.4 Å². The fourth-order valence-corrected chi connectivity index (χ4v) is 8.80. The van der Waals surface area contributed by atoms with Crippen LogP contribution in [0.3, 0.4) is 0 Å².